The first-order valence-corrected chi connectivity index (χ1v) is 4.22. The summed E-state index contributed by atoms with van der Waals surface area (Å²) in [5, 5.41) is 18.1. The minimum atomic E-state index is -1.04. The summed E-state index contributed by atoms with van der Waals surface area (Å²) in [5.74, 6) is -0.961. The smallest absolute Gasteiger partial charge is 0.305 e. The minimum absolute atomic E-state index is 0.0266. The van der Waals surface area contributed by atoms with Crippen LogP contribution >= 0.6 is 0 Å². The fourth-order valence-electron chi connectivity index (χ4n) is 1.37. The Morgan fingerprint density at radius 2 is 2.07 bits per heavy atom. The van der Waals surface area contributed by atoms with Gasteiger partial charge in [-0.3, -0.25) is 4.79 Å². The van der Waals surface area contributed by atoms with Gasteiger partial charge in [0.15, 0.2) is 0 Å². The lowest BCUT2D eigenvalue weighted by molar-refractivity contribution is -0.138. The van der Waals surface area contributed by atoms with Crippen molar-refractivity contribution in [3.63, 3.8) is 0 Å². The molecule has 0 aliphatic heterocycles. The highest BCUT2D eigenvalue weighted by Crippen LogP contribution is 2.29. The molecule has 76 valence electrons. The van der Waals surface area contributed by atoms with Crippen LogP contribution in [0.15, 0.2) is 24.3 Å². The molecule has 0 spiro atoms. The van der Waals surface area contributed by atoms with Crippen LogP contribution in [0.1, 0.15) is 18.9 Å². The SMILES string of the molecule is C[C@](N)(CC(=O)O)c1ccccc1O. The van der Waals surface area contributed by atoms with Gasteiger partial charge in [0.25, 0.3) is 0 Å². The molecular formula is C10H13NO3. The molecule has 4 N–H and O–H groups in total. The van der Waals surface area contributed by atoms with Crippen molar-refractivity contribution in [2.45, 2.75) is 18.9 Å². The van der Waals surface area contributed by atoms with E-state index in [0.717, 1.165) is 0 Å². The Hall–Kier alpha value is -1.55. The van der Waals surface area contributed by atoms with Gasteiger partial charge >= 0.3 is 5.97 Å². The van der Waals surface area contributed by atoms with E-state index in [1.54, 1.807) is 25.1 Å². The molecule has 14 heavy (non-hydrogen) atoms. The van der Waals surface area contributed by atoms with Crippen LogP contribution in [0, 0.1) is 0 Å². The molecule has 0 unspecified atom stereocenters. The molecule has 0 amide bonds. The normalized spacial score (nSPS) is 14.7. The summed E-state index contributed by atoms with van der Waals surface area (Å²) < 4.78 is 0. The Bertz CT molecular complexity index is 347. The van der Waals surface area contributed by atoms with Gasteiger partial charge in [-0.2, -0.15) is 0 Å². The van der Waals surface area contributed by atoms with Gasteiger partial charge in [0.1, 0.15) is 5.75 Å². The van der Waals surface area contributed by atoms with Crippen LogP contribution in [0.3, 0.4) is 0 Å². The Morgan fingerprint density at radius 3 is 2.57 bits per heavy atom. The van der Waals surface area contributed by atoms with Gasteiger partial charge < -0.3 is 15.9 Å². The van der Waals surface area contributed by atoms with Crippen molar-refractivity contribution >= 4 is 5.97 Å². The Labute approximate surface area is 82.0 Å². The summed E-state index contributed by atoms with van der Waals surface area (Å²) in [6.45, 7) is 1.58. The van der Waals surface area contributed by atoms with Crippen molar-refractivity contribution in [1.29, 1.82) is 0 Å². The second-order valence-corrected chi connectivity index (χ2v) is 3.51. The zero-order valence-electron chi connectivity index (χ0n) is 7.90. The lowest BCUT2D eigenvalue weighted by Crippen LogP contribution is -2.35. The van der Waals surface area contributed by atoms with E-state index < -0.39 is 11.5 Å². The Morgan fingerprint density at radius 1 is 1.50 bits per heavy atom. The molecule has 1 rings (SSSR count). The first-order valence-electron chi connectivity index (χ1n) is 4.22. The molecule has 0 aliphatic carbocycles. The molecule has 4 nitrogen and oxygen atoms in total. The number of hydrogen-bond donors (Lipinski definition) is 3. The van der Waals surface area contributed by atoms with Gasteiger partial charge in [0.2, 0.25) is 0 Å². The molecule has 0 heterocycles. The third kappa shape index (κ3) is 2.23. The van der Waals surface area contributed by atoms with Gasteiger partial charge in [0.05, 0.1) is 12.0 Å². The number of nitrogens with two attached hydrogens (primary N) is 1. The fraction of sp³-hybridized carbons (Fsp3) is 0.300. The van der Waals surface area contributed by atoms with E-state index in [-0.39, 0.29) is 12.2 Å². The number of benzene rings is 1. The predicted molar refractivity (Wildman–Crippen MR) is 51.9 cm³/mol. The molecule has 1 aromatic rings. The maximum atomic E-state index is 10.5. The van der Waals surface area contributed by atoms with Gasteiger partial charge in [-0.05, 0) is 13.0 Å². The van der Waals surface area contributed by atoms with Gasteiger partial charge in [-0.15, -0.1) is 0 Å². The van der Waals surface area contributed by atoms with Gasteiger partial charge in [-0.1, -0.05) is 18.2 Å². The molecular weight excluding hydrogens is 182 g/mol. The highest BCUT2D eigenvalue weighted by Gasteiger charge is 2.26. The monoisotopic (exact) mass is 195 g/mol. The van der Waals surface area contributed by atoms with Crippen LogP contribution in [0.5, 0.6) is 5.75 Å². The van der Waals surface area contributed by atoms with Gasteiger partial charge in [0, 0.05) is 5.56 Å². The molecule has 0 aliphatic rings. The molecule has 0 radical (unpaired) electrons. The van der Waals surface area contributed by atoms with Crippen molar-refractivity contribution in [3.05, 3.63) is 29.8 Å². The fourth-order valence-corrected chi connectivity index (χ4v) is 1.37. The number of phenolic OH excluding ortho intramolecular Hbond substituents is 1. The van der Waals surface area contributed by atoms with Crippen molar-refractivity contribution in [3.8, 4) is 5.75 Å². The van der Waals surface area contributed by atoms with Crippen LogP contribution in [0.2, 0.25) is 0 Å². The molecule has 1 aromatic carbocycles. The van der Waals surface area contributed by atoms with Gasteiger partial charge in [-0.25, -0.2) is 0 Å². The van der Waals surface area contributed by atoms with Crippen molar-refractivity contribution in [2.75, 3.05) is 0 Å². The Balaban J connectivity index is 3.03. The third-order valence-electron chi connectivity index (χ3n) is 2.04. The maximum absolute atomic E-state index is 10.5. The highest BCUT2D eigenvalue weighted by atomic mass is 16.4. The number of carboxylic acids is 1. The van der Waals surface area contributed by atoms with Crippen LogP contribution in [0.25, 0.3) is 0 Å². The second kappa shape index (κ2) is 3.67. The van der Waals surface area contributed by atoms with Crippen LogP contribution in [-0.2, 0) is 10.3 Å². The van der Waals surface area contributed by atoms with Crippen molar-refractivity contribution in [1.82, 2.24) is 0 Å². The predicted octanol–water partition coefficient (Wildman–Crippen LogP) is 1.04. The molecule has 0 fully saturated rings. The summed E-state index contributed by atoms with van der Waals surface area (Å²) in [6.07, 6.45) is -0.218. The van der Waals surface area contributed by atoms with Crippen molar-refractivity contribution in [2.24, 2.45) is 5.73 Å². The minimum Gasteiger partial charge on any atom is -0.508 e. The van der Waals surface area contributed by atoms with E-state index in [9.17, 15) is 9.90 Å². The summed E-state index contributed by atoms with van der Waals surface area (Å²) in [5.41, 5.74) is 5.20. The maximum Gasteiger partial charge on any atom is 0.305 e. The van der Waals surface area contributed by atoms with Crippen LogP contribution < -0.4 is 5.73 Å². The van der Waals surface area contributed by atoms with E-state index in [0.29, 0.717) is 5.56 Å². The number of aliphatic carboxylic acids is 1. The van der Waals surface area contributed by atoms with E-state index in [1.807, 2.05) is 0 Å². The largest absolute Gasteiger partial charge is 0.508 e. The lowest BCUT2D eigenvalue weighted by atomic mass is 9.89. The summed E-state index contributed by atoms with van der Waals surface area (Å²) >= 11 is 0. The number of carbonyl (C=O) groups is 1. The zero-order chi connectivity index (χ0) is 10.8. The third-order valence-corrected chi connectivity index (χ3v) is 2.04. The first kappa shape index (κ1) is 10.5. The molecule has 0 saturated heterocycles. The van der Waals surface area contributed by atoms with E-state index in [1.165, 1.54) is 6.07 Å². The average Bonchev–Trinajstić information content (AvgIpc) is 2.02. The number of hydrogen-bond acceptors (Lipinski definition) is 3. The van der Waals surface area contributed by atoms with E-state index >= 15 is 0 Å². The molecule has 0 aromatic heterocycles. The molecule has 4 heteroatoms. The second-order valence-electron chi connectivity index (χ2n) is 3.51. The first-order chi connectivity index (χ1) is 6.43. The topological polar surface area (TPSA) is 83.6 Å². The zero-order valence-corrected chi connectivity index (χ0v) is 7.90. The number of aromatic hydroxyl groups is 1. The van der Waals surface area contributed by atoms with E-state index in [2.05, 4.69) is 0 Å². The van der Waals surface area contributed by atoms with E-state index in [4.69, 9.17) is 10.8 Å². The molecule has 0 saturated carbocycles. The number of phenols is 1. The average molecular weight is 195 g/mol. The van der Waals surface area contributed by atoms with Crippen molar-refractivity contribution < 1.29 is 15.0 Å². The Kier molecular flexibility index (Phi) is 2.76. The number of rotatable bonds is 3. The highest BCUT2D eigenvalue weighted by molar-refractivity contribution is 5.69. The standard InChI is InChI=1S/C10H13NO3/c1-10(11,6-9(13)14)7-4-2-3-5-8(7)12/h2-5,12H,6,11H2,1H3,(H,13,14)/t10-/m0/s1. The quantitative estimate of drug-likeness (QED) is 0.672. The molecule has 0 bridgehead atoms. The lowest BCUT2D eigenvalue weighted by Gasteiger charge is -2.23. The summed E-state index contributed by atoms with van der Waals surface area (Å²) in [4.78, 5) is 10.5. The number of carboxylic acid groups (broad SMARTS) is 1. The summed E-state index contributed by atoms with van der Waals surface area (Å²) in [6, 6.07) is 6.48. The van der Waals surface area contributed by atoms with Crippen LogP contribution in [-0.4, -0.2) is 16.2 Å². The molecule has 1 atom stereocenters. The van der Waals surface area contributed by atoms with Crippen LogP contribution in [0.4, 0.5) is 0 Å². The number of para-hydroxylation sites is 1. The summed E-state index contributed by atoms with van der Waals surface area (Å²) in [7, 11) is 0.